The molecule has 9 heteroatoms. The Bertz CT molecular complexity index is 1570. The van der Waals surface area contributed by atoms with E-state index in [1.165, 1.54) is 17.8 Å². The lowest BCUT2D eigenvalue weighted by molar-refractivity contribution is -0.113. The molecule has 4 rings (SSSR count). The van der Waals surface area contributed by atoms with Crippen molar-refractivity contribution in [1.29, 1.82) is 0 Å². The standard InChI is InChI=1S/C32H26Cl2N2O4S/c1-2-40-25-16-14-21(15-17-25)29(37)20-41-26-12-7-11-24(19-26)35-32(39)28(18-23-10-6-13-27(33)30(23)34)36-31(38)22-8-4-3-5-9-22/h3-19H,2,20H2,1H3,(H,35,39)(H,36,38)/b28-18-. The summed E-state index contributed by atoms with van der Waals surface area (Å²) in [7, 11) is 0. The number of hydrogen-bond acceptors (Lipinski definition) is 5. The molecular formula is C32H26Cl2N2O4S. The molecule has 2 N–H and O–H groups in total. The Labute approximate surface area is 252 Å². The zero-order valence-electron chi connectivity index (χ0n) is 22.0. The van der Waals surface area contributed by atoms with Crippen molar-refractivity contribution in [2.24, 2.45) is 0 Å². The number of nitrogens with one attached hydrogen (secondary N) is 2. The minimum atomic E-state index is -0.557. The normalized spacial score (nSPS) is 11.0. The average molecular weight is 606 g/mol. The number of halogens is 2. The Balaban J connectivity index is 1.48. The first-order chi connectivity index (χ1) is 19.8. The zero-order chi connectivity index (χ0) is 29.2. The van der Waals surface area contributed by atoms with Crippen molar-refractivity contribution in [3.8, 4) is 5.75 Å². The Hall–Kier alpha value is -4.04. The monoisotopic (exact) mass is 604 g/mol. The number of ketones is 1. The highest BCUT2D eigenvalue weighted by Gasteiger charge is 2.17. The number of anilines is 1. The predicted molar refractivity (Wildman–Crippen MR) is 166 cm³/mol. The maximum Gasteiger partial charge on any atom is 0.272 e. The second-order valence-electron chi connectivity index (χ2n) is 8.67. The number of thioether (sulfide) groups is 1. The van der Waals surface area contributed by atoms with E-state index in [1.807, 2.05) is 13.0 Å². The Kier molecular flexibility index (Phi) is 10.6. The molecule has 0 heterocycles. The molecule has 0 bridgehead atoms. The molecule has 0 spiro atoms. The largest absolute Gasteiger partial charge is 0.494 e. The van der Waals surface area contributed by atoms with Crippen LogP contribution in [0.4, 0.5) is 5.69 Å². The maximum absolute atomic E-state index is 13.4. The second-order valence-corrected chi connectivity index (χ2v) is 10.5. The second kappa shape index (κ2) is 14.6. The highest BCUT2D eigenvalue weighted by atomic mass is 35.5. The summed E-state index contributed by atoms with van der Waals surface area (Å²) >= 11 is 13.9. The number of Topliss-reactive ketones (excluding diaryl/α,β-unsaturated/α-hetero) is 1. The fraction of sp³-hybridized carbons (Fsp3) is 0.0938. The van der Waals surface area contributed by atoms with Crippen molar-refractivity contribution in [2.45, 2.75) is 11.8 Å². The van der Waals surface area contributed by atoms with E-state index in [9.17, 15) is 14.4 Å². The van der Waals surface area contributed by atoms with Gasteiger partial charge in [-0.05, 0) is 79.2 Å². The van der Waals surface area contributed by atoms with E-state index in [0.717, 1.165) is 4.90 Å². The van der Waals surface area contributed by atoms with Gasteiger partial charge in [-0.25, -0.2) is 0 Å². The van der Waals surface area contributed by atoms with Crippen LogP contribution in [-0.4, -0.2) is 30.0 Å². The highest BCUT2D eigenvalue weighted by Crippen LogP contribution is 2.28. The number of benzene rings is 4. The molecule has 0 aliphatic heterocycles. The van der Waals surface area contributed by atoms with Gasteiger partial charge in [0, 0.05) is 21.7 Å². The number of rotatable bonds is 11. The fourth-order valence-electron chi connectivity index (χ4n) is 3.73. The van der Waals surface area contributed by atoms with Gasteiger partial charge in [0.15, 0.2) is 5.78 Å². The van der Waals surface area contributed by atoms with Crippen LogP contribution in [0.25, 0.3) is 6.08 Å². The Morgan fingerprint density at radius 2 is 1.59 bits per heavy atom. The first kappa shape index (κ1) is 29.9. The van der Waals surface area contributed by atoms with Gasteiger partial charge in [0.2, 0.25) is 0 Å². The van der Waals surface area contributed by atoms with Crippen LogP contribution in [0.15, 0.2) is 108 Å². The van der Waals surface area contributed by atoms with Crippen molar-refractivity contribution in [3.63, 3.8) is 0 Å². The van der Waals surface area contributed by atoms with Crippen molar-refractivity contribution in [3.05, 3.63) is 129 Å². The lowest BCUT2D eigenvalue weighted by Crippen LogP contribution is -2.30. The molecule has 0 aromatic heterocycles. The van der Waals surface area contributed by atoms with Gasteiger partial charge in [-0.1, -0.05) is 59.6 Å². The zero-order valence-corrected chi connectivity index (χ0v) is 24.4. The van der Waals surface area contributed by atoms with Crippen molar-refractivity contribution in [2.75, 3.05) is 17.7 Å². The molecule has 0 unspecified atom stereocenters. The third-order valence-electron chi connectivity index (χ3n) is 5.76. The van der Waals surface area contributed by atoms with Gasteiger partial charge in [-0.3, -0.25) is 14.4 Å². The van der Waals surface area contributed by atoms with Gasteiger partial charge in [-0.15, -0.1) is 11.8 Å². The number of ether oxygens (including phenoxy) is 1. The van der Waals surface area contributed by atoms with E-state index in [0.29, 0.717) is 39.8 Å². The van der Waals surface area contributed by atoms with Crippen molar-refractivity contribution in [1.82, 2.24) is 5.32 Å². The quantitative estimate of drug-likeness (QED) is 0.104. The molecule has 0 aliphatic rings. The number of amides is 2. The molecule has 4 aromatic rings. The summed E-state index contributed by atoms with van der Waals surface area (Å²) < 4.78 is 5.43. The molecule has 0 aliphatic carbocycles. The molecule has 0 radical (unpaired) electrons. The Morgan fingerprint density at radius 1 is 0.854 bits per heavy atom. The third kappa shape index (κ3) is 8.47. The summed E-state index contributed by atoms with van der Waals surface area (Å²) in [5.74, 6) is -0.109. The van der Waals surface area contributed by atoms with Crippen LogP contribution in [0.2, 0.25) is 10.0 Å². The molecule has 208 valence electrons. The highest BCUT2D eigenvalue weighted by molar-refractivity contribution is 8.00. The van der Waals surface area contributed by atoms with E-state index in [1.54, 1.807) is 91.0 Å². The third-order valence-corrected chi connectivity index (χ3v) is 7.59. The first-order valence-electron chi connectivity index (χ1n) is 12.7. The van der Waals surface area contributed by atoms with Crippen LogP contribution in [0.3, 0.4) is 0 Å². The molecule has 6 nitrogen and oxygen atoms in total. The lowest BCUT2D eigenvalue weighted by atomic mass is 10.1. The summed E-state index contributed by atoms with van der Waals surface area (Å²) in [4.78, 5) is 39.7. The molecule has 41 heavy (non-hydrogen) atoms. The van der Waals surface area contributed by atoms with Gasteiger partial charge < -0.3 is 15.4 Å². The minimum absolute atomic E-state index is 0.0215. The Morgan fingerprint density at radius 3 is 2.32 bits per heavy atom. The number of hydrogen-bond donors (Lipinski definition) is 2. The average Bonchev–Trinajstić information content (AvgIpc) is 2.99. The summed E-state index contributed by atoms with van der Waals surface area (Å²) in [5, 5.41) is 6.08. The van der Waals surface area contributed by atoms with Crippen LogP contribution in [0, 0.1) is 0 Å². The summed E-state index contributed by atoms with van der Waals surface area (Å²) in [6, 6.07) is 27.7. The molecule has 0 saturated carbocycles. The molecule has 2 amide bonds. The van der Waals surface area contributed by atoms with E-state index < -0.39 is 11.8 Å². The minimum Gasteiger partial charge on any atom is -0.494 e. The van der Waals surface area contributed by atoms with Crippen LogP contribution in [-0.2, 0) is 4.79 Å². The van der Waals surface area contributed by atoms with Gasteiger partial charge >= 0.3 is 0 Å². The molecule has 0 atom stereocenters. The van der Waals surface area contributed by atoms with Gasteiger partial charge in [-0.2, -0.15) is 0 Å². The van der Waals surface area contributed by atoms with Crippen LogP contribution in [0.5, 0.6) is 5.75 Å². The van der Waals surface area contributed by atoms with Gasteiger partial charge in [0.25, 0.3) is 11.8 Å². The smallest absolute Gasteiger partial charge is 0.272 e. The van der Waals surface area contributed by atoms with E-state index in [-0.39, 0.29) is 22.3 Å². The number of carbonyl (C=O) groups is 3. The molecular weight excluding hydrogens is 579 g/mol. The summed E-state index contributed by atoms with van der Waals surface area (Å²) in [5.41, 5.74) is 1.92. The van der Waals surface area contributed by atoms with Crippen LogP contribution < -0.4 is 15.4 Å². The van der Waals surface area contributed by atoms with E-state index in [4.69, 9.17) is 27.9 Å². The van der Waals surface area contributed by atoms with E-state index >= 15 is 0 Å². The lowest BCUT2D eigenvalue weighted by Gasteiger charge is -2.13. The molecule has 0 fully saturated rings. The summed E-state index contributed by atoms with van der Waals surface area (Å²) in [6.07, 6.45) is 1.47. The van der Waals surface area contributed by atoms with Gasteiger partial charge in [0.1, 0.15) is 11.4 Å². The SMILES string of the molecule is CCOc1ccc(C(=O)CSc2cccc(NC(=O)/C(=C/c3cccc(Cl)c3Cl)NC(=O)c3ccccc3)c2)cc1. The topological polar surface area (TPSA) is 84.5 Å². The van der Waals surface area contributed by atoms with Gasteiger partial charge in [0.05, 0.1) is 22.4 Å². The molecule has 0 saturated heterocycles. The van der Waals surface area contributed by atoms with E-state index in [2.05, 4.69) is 10.6 Å². The van der Waals surface area contributed by atoms with Crippen molar-refractivity contribution < 1.29 is 19.1 Å². The fourth-order valence-corrected chi connectivity index (χ4v) is 4.94. The van der Waals surface area contributed by atoms with Crippen molar-refractivity contribution >= 4 is 64.3 Å². The maximum atomic E-state index is 13.4. The van der Waals surface area contributed by atoms with Crippen LogP contribution in [0.1, 0.15) is 33.2 Å². The first-order valence-corrected chi connectivity index (χ1v) is 14.4. The summed E-state index contributed by atoms with van der Waals surface area (Å²) in [6.45, 7) is 2.46. The molecule has 4 aromatic carbocycles. The predicted octanol–water partition coefficient (Wildman–Crippen LogP) is 7.78. The number of carbonyl (C=O) groups excluding carboxylic acids is 3. The van der Waals surface area contributed by atoms with Crippen LogP contribution >= 0.6 is 35.0 Å².